The first kappa shape index (κ1) is 14.1. The Hall–Kier alpha value is -1.88. The first-order valence-corrected chi connectivity index (χ1v) is 7.42. The van der Waals surface area contributed by atoms with E-state index in [0.717, 1.165) is 26.1 Å². The number of carbonyl (C=O) groups is 2. The monoisotopic (exact) mass is 288 g/mol. The molecular weight excluding hydrogens is 268 g/mol. The summed E-state index contributed by atoms with van der Waals surface area (Å²) in [5.74, 6) is -1.39. The van der Waals surface area contributed by atoms with Crippen molar-refractivity contribution in [3.8, 4) is 0 Å². The summed E-state index contributed by atoms with van der Waals surface area (Å²) in [5, 5.41) is 9.05. The lowest BCUT2D eigenvalue weighted by Crippen LogP contribution is -2.39. The number of rotatable bonds is 4. The van der Waals surface area contributed by atoms with Gasteiger partial charge in [0, 0.05) is 38.6 Å². The van der Waals surface area contributed by atoms with E-state index in [9.17, 15) is 9.59 Å². The Morgan fingerprint density at radius 1 is 1.24 bits per heavy atom. The molecule has 2 saturated heterocycles. The molecule has 0 bridgehead atoms. The maximum Gasteiger partial charge on any atom is 0.308 e. The van der Waals surface area contributed by atoms with E-state index < -0.39 is 11.9 Å². The molecule has 0 unspecified atom stereocenters. The lowest BCUT2D eigenvalue weighted by Gasteiger charge is -2.24. The maximum atomic E-state index is 12.0. The molecule has 0 aromatic heterocycles. The topological polar surface area (TPSA) is 60.9 Å². The van der Waals surface area contributed by atoms with E-state index in [1.165, 1.54) is 5.56 Å². The minimum absolute atomic E-state index is 0.00559. The number of amides is 1. The van der Waals surface area contributed by atoms with Crippen LogP contribution in [0.3, 0.4) is 0 Å². The highest BCUT2D eigenvalue weighted by Gasteiger charge is 2.39. The molecule has 2 heterocycles. The highest BCUT2D eigenvalue weighted by atomic mass is 16.4. The summed E-state index contributed by atoms with van der Waals surface area (Å²) in [7, 11) is 0. The van der Waals surface area contributed by atoms with Gasteiger partial charge in [0.25, 0.3) is 0 Å². The number of likely N-dealkylation sites (tertiary alicyclic amines) is 2. The molecule has 0 aliphatic carbocycles. The van der Waals surface area contributed by atoms with Gasteiger partial charge in [0.05, 0.1) is 5.92 Å². The Labute approximate surface area is 124 Å². The molecule has 112 valence electrons. The fourth-order valence-electron chi connectivity index (χ4n) is 3.30. The van der Waals surface area contributed by atoms with Gasteiger partial charge >= 0.3 is 5.97 Å². The molecule has 21 heavy (non-hydrogen) atoms. The Balaban J connectivity index is 1.57. The van der Waals surface area contributed by atoms with E-state index >= 15 is 0 Å². The van der Waals surface area contributed by atoms with Crippen molar-refractivity contribution in [1.29, 1.82) is 0 Å². The molecule has 5 nitrogen and oxygen atoms in total. The van der Waals surface area contributed by atoms with Crippen LogP contribution in [0.15, 0.2) is 30.3 Å². The van der Waals surface area contributed by atoms with Gasteiger partial charge < -0.3 is 10.0 Å². The summed E-state index contributed by atoms with van der Waals surface area (Å²) < 4.78 is 0. The Morgan fingerprint density at radius 2 is 2.00 bits per heavy atom. The third kappa shape index (κ3) is 3.08. The summed E-state index contributed by atoms with van der Waals surface area (Å²) in [6, 6.07) is 10.5. The molecule has 0 spiro atoms. The minimum Gasteiger partial charge on any atom is -0.481 e. The second kappa shape index (κ2) is 5.85. The first-order chi connectivity index (χ1) is 10.1. The van der Waals surface area contributed by atoms with E-state index in [4.69, 9.17) is 5.11 Å². The van der Waals surface area contributed by atoms with Gasteiger partial charge in [0.2, 0.25) is 5.91 Å². The van der Waals surface area contributed by atoms with Crippen LogP contribution in [0.2, 0.25) is 0 Å². The molecule has 1 N–H and O–H groups in total. The zero-order valence-electron chi connectivity index (χ0n) is 11.9. The highest BCUT2D eigenvalue weighted by Crippen LogP contribution is 2.25. The normalized spacial score (nSPS) is 26.5. The number of aliphatic carboxylic acids is 1. The molecule has 2 aliphatic rings. The van der Waals surface area contributed by atoms with Crippen molar-refractivity contribution in [2.24, 2.45) is 5.92 Å². The third-order valence-corrected chi connectivity index (χ3v) is 4.44. The molecule has 1 aromatic carbocycles. The van der Waals surface area contributed by atoms with Crippen molar-refractivity contribution in [3.63, 3.8) is 0 Å². The molecule has 2 fully saturated rings. The lowest BCUT2D eigenvalue weighted by molar-refractivity contribution is -0.141. The van der Waals surface area contributed by atoms with Crippen molar-refractivity contribution in [1.82, 2.24) is 9.80 Å². The van der Waals surface area contributed by atoms with Crippen LogP contribution in [0.1, 0.15) is 18.4 Å². The van der Waals surface area contributed by atoms with Crippen molar-refractivity contribution in [3.05, 3.63) is 35.9 Å². The number of carbonyl (C=O) groups excluding carboxylic acids is 1. The number of carboxylic acid groups (broad SMARTS) is 1. The Kier molecular flexibility index (Phi) is 3.92. The molecule has 1 amide bonds. The number of nitrogens with zero attached hydrogens (tertiary/aromatic N) is 2. The van der Waals surface area contributed by atoms with Gasteiger partial charge in [-0.1, -0.05) is 30.3 Å². The predicted octanol–water partition coefficient (Wildman–Crippen LogP) is 1.19. The predicted molar refractivity (Wildman–Crippen MR) is 77.6 cm³/mol. The van der Waals surface area contributed by atoms with Crippen LogP contribution in [-0.2, 0) is 16.1 Å². The van der Waals surface area contributed by atoms with Gasteiger partial charge in [-0.25, -0.2) is 0 Å². The second-order valence-electron chi connectivity index (χ2n) is 5.95. The summed E-state index contributed by atoms with van der Waals surface area (Å²) in [5.41, 5.74) is 1.27. The zero-order chi connectivity index (χ0) is 14.8. The Bertz CT molecular complexity index is 532. The summed E-state index contributed by atoms with van der Waals surface area (Å²) in [6.45, 7) is 3.06. The standard InChI is InChI=1S/C16H20N2O3/c19-15-8-13(16(20)21)10-18(15)14-6-7-17(11-14)9-12-4-2-1-3-5-12/h1-5,13-14H,6-11H2,(H,20,21)/t13-,14-/m1/s1. The maximum absolute atomic E-state index is 12.0. The molecule has 0 radical (unpaired) electrons. The molecule has 5 heteroatoms. The highest BCUT2D eigenvalue weighted by molar-refractivity contribution is 5.86. The largest absolute Gasteiger partial charge is 0.481 e. The van der Waals surface area contributed by atoms with Gasteiger partial charge in [-0.15, -0.1) is 0 Å². The summed E-state index contributed by atoms with van der Waals surface area (Å²) in [6.07, 6.45) is 1.09. The molecular formula is C16H20N2O3. The van der Waals surface area contributed by atoms with Crippen LogP contribution in [0.4, 0.5) is 0 Å². The van der Waals surface area contributed by atoms with E-state index in [-0.39, 0.29) is 18.4 Å². The van der Waals surface area contributed by atoms with Crippen molar-refractivity contribution >= 4 is 11.9 Å². The van der Waals surface area contributed by atoms with Gasteiger partial charge in [-0.2, -0.15) is 0 Å². The summed E-state index contributed by atoms with van der Waals surface area (Å²) >= 11 is 0. The van der Waals surface area contributed by atoms with Gasteiger partial charge in [-0.3, -0.25) is 14.5 Å². The number of hydrogen-bond donors (Lipinski definition) is 1. The van der Waals surface area contributed by atoms with E-state index in [1.54, 1.807) is 4.90 Å². The first-order valence-electron chi connectivity index (χ1n) is 7.42. The molecule has 2 atom stereocenters. The number of benzene rings is 1. The van der Waals surface area contributed by atoms with Crippen LogP contribution in [0.5, 0.6) is 0 Å². The fourth-order valence-corrected chi connectivity index (χ4v) is 3.30. The van der Waals surface area contributed by atoms with Crippen molar-refractivity contribution < 1.29 is 14.7 Å². The number of hydrogen-bond acceptors (Lipinski definition) is 3. The van der Waals surface area contributed by atoms with Crippen molar-refractivity contribution in [2.75, 3.05) is 19.6 Å². The third-order valence-electron chi connectivity index (χ3n) is 4.44. The van der Waals surface area contributed by atoms with Crippen LogP contribution in [0, 0.1) is 5.92 Å². The van der Waals surface area contributed by atoms with E-state index in [2.05, 4.69) is 17.0 Å². The van der Waals surface area contributed by atoms with Crippen LogP contribution >= 0.6 is 0 Å². The Morgan fingerprint density at radius 3 is 2.67 bits per heavy atom. The van der Waals surface area contributed by atoms with Crippen molar-refractivity contribution in [2.45, 2.75) is 25.4 Å². The SMILES string of the molecule is O=C(O)[C@@H]1CC(=O)N([C@@H]2CCN(Cc3ccccc3)C2)C1. The van der Waals surface area contributed by atoms with E-state index in [0.29, 0.717) is 6.54 Å². The van der Waals surface area contributed by atoms with Crippen LogP contribution in [0.25, 0.3) is 0 Å². The minimum atomic E-state index is -0.856. The fraction of sp³-hybridized carbons (Fsp3) is 0.500. The summed E-state index contributed by atoms with van der Waals surface area (Å²) in [4.78, 5) is 27.1. The average molecular weight is 288 g/mol. The zero-order valence-corrected chi connectivity index (χ0v) is 11.9. The second-order valence-corrected chi connectivity index (χ2v) is 5.95. The lowest BCUT2D eigenvalue weighted by atomic mass is 10.1. The molecule has 2 aliphatic heterocycles. The van der Waals surface area contributed by atoms with Gasteiger partial charge in [0.1, 0.15) is 0 Å². The molecule has 1 aromatic rings. The van der Waals surface area contributed by atoms with Gasteiger partial charge in [-0.05, 0) is 12.0 Å². The van der Waals surface area contributed by atoms with E-state index in [1.807, 2.05) is 18.2 Å². The quantitative estimate of drug-likeness (QED) is 0.904. The van der Waals surface area contributed by atoms with Gasteiger partial charge in [0.15, 0.2) is 0 Å². The molecule has 0 saturated carbocycles. The average Bonchev–Trinajstić information content (AvgIpc) is 3.06. The number of carboxylic acids is 1. The molecule has 3 rings (SSSR count). The smallest absolute Gasteiger partial charge is 0.308 e. The van der Waals surface area contributed by atoms with Crippen LogP contribution in [-0.4, -0.2) is 52.5 Å². The van der Waals surface area contributed by atoms with Crippen LogP contribution < -0.4 is 0 Å².